The molecule has 1 aromatic heterocycles. The maximum absolute atomic E-state index is 5.52. The SMILES string of the molecule is Nc1nc(=S)[nH]c2c1N=NC2. The van der Waals surface area contributed by atoms with Crippen LogP contribution < -0.4 is 5.73 Å². The first kappa shape index (κ1) is 6.41. The van der Waals surface area contributed by atoms with E-state index in [4.69, 9.17) is 18.0 Å². The summed E-state index contributed by atoms with van der Waals surface area (Å²) in [5.74, 6) is 0.352. The van der Waals surface area contributed by atoms with Crippen LogP contribution in [-0.4, -0.2) is 9.97 Å². The largest absolute Gasteiger partial charge is 0.382 e. The molecule has 0 aliphatic carbocycles. The molecular formula is C5H5N5S. The first-order valence-electron chi connectivity index (χ1n) is 3.03. The van der Waals surface area contributed by atoms with Crippen molar-refractivity contribution in [1.29, 1.82) is 0 Å². The van der Waals surface area contributed by atoms with Gasteiger partial charge in [-0.3, -0.25) is 0 Å². The van der Waals surface area contributed by atoms with Crippen LogP contribution in [0.3, 0.4) is 0 Å². The minimum Gasteiger partial charge on any atom is -0.382 e. The van der Waals surface area contributed by atoms with Gasteiger partial charge in [-0.05, 0) is 12.2 Å². The van der Waals surface area contributed by atoms with Crippen molar-refractivity contribution in [3.05, 3.63) is 10.5 Å². The Morgan fingerprint density at radius 1 is 1.55 bits per heavy atom. The Hall–Kier alpha value is -1.30. The zero-order valence-corrected chi connectivity index (χ0v) is 6.35. The fourth-order valence-corrected chi connectivity index (χ4v) is 1.16. The van der Waals surface area contributed by atoms with Crippen LogP contribution in [-0.2, 0) is 6.54 Å². The number of hydrogen-bond acceptors (Lipinski definition) is 5. The van der Waals surface area contributed by atoms with Crippen LogP contribution in [0.15, 0.2) is 10.2 Å². The number of aromatic nitrogens is 2. The average Bonchev–Trinajstić information content (AvgIpc) is 2.34. The van der Waals surface area contributed by atoms with Gasteiger partial charge in [-0.25, -0.2) is 4.98 Å². The van der Waals surface area contributed by atoms with Gasteiger partial charge in [0.15, 0.2) is 10.6 Å². The van der Waals surface area contributed by atoms with E-state index in [9.17, 15) is 0 Å². The summed E-state index contributed by atoms with van der Waals surface area (Å²) in [5, 5.41) is 7.58. The second-order valence-corrected chi connectivity index (χ2v) is 2.54. The van der Waals surface area contributed by atoms with Gasteiger partial charge >= 0.3 is 0 Å². The highest BCUT2D eigenvalue weighted by atomic mass is 32.1. The number of nitrogen functional groups attached to an aromatic ring is 1. The summed E-state index contributed by atoms with van der Waals surface area (Å²) in [6.45, 7) is 0.520. The molecule has 2 heterocycles. The summed E-state index contributed by atoms with van der Waals surface area (Å²) >= 11 is 4.81. The van der Waals surface area contributed by atoms with Gasteiger partial charge in [0.25, 0.3) is 0 Å². The highest BCUT2D eigenvalue weighted by Gasteiger charge is 2.12. The van der Waals surface area contributed by atoms with E-state index in [-0.39, 0.29) is 0 Å². The molecule has 0 bridgehead atoms. The molecule has 0 amide bonds. The van der Waals surface area contributed by atoms with Crippen molar-refractivity contribution in [3.8, 4) is 0 Å². The van der Waals surface area contributed by atoms with Crippen LogP contribution in [0.1, 0.15) is 5.69 Å². The van der Waals surface area contributed by atoms with E-state index < -0.39 is 0 Å². The van der Waals surface area contributed by atoms with Crippen LogP contribution in [0, 0.1) is 4.77 Å². The lowest BCUT2D eigenvalue weighted by atomic mass is 10.3. The molecule has 0 unspecified atom stereocenters. The fraction of sp³-hybridized carbons (Fsp3) is 0.200. The van der Waals surface area contributed by atoms with Crippen LogP contribution in [0.25, 0.3) is 0 Å². The van der Waals surface area contributed by atoms with E-state index in [0.717, 1.165) is 5.69 Å². The number of aromatic amines is 1. The number of nitrogens with two attached hydrogens (primary N) is 1. The number of hydrogen-bond donors (Lipinski definition) is 2. The minimum absolute atomic E-state index is 0.352. The molecule has 56 valence electrons. The molecule has 0 atom stereocenters. The topological polar surface area (TPSA) is 79.4 Å². The molecule has 0 saturated heterocycles. The summed E-state index contributed by atoms with van der Waals surface area (Å²) in [4.78, 5) is 6.69. The summed E-state index contributed by atoms with van der Waals surface area (Å²) in [6, 6.07) is 0. The number of azo groups is 1. The third-order valence-corrected chi connectivity index (χ3v) is 1.60. The Morgan fingerprint density at radius 2 is 2.36 bits per heavy atom. The molecule has 0 spiro atoms. The van der Waals surface area contributed by atoms with E-state index in [1.165, 1.54) is 0 Å². The number of H-pyrrole nitrogens is 1. The highest BCUT2D eigenvalue weighted by Crippen LogP contribution is 2.28. The Labute approximate surface area is 67.4 Å². The van der Waals surface area contributed by atoms with E-state index in [0.29, 0.717) is 22.8 Å². The molecule has 3 N–H and O–H groups in total. The van der Waals surface area contributed by atoms with Crippen LogP contribution in [0.5, 0.6) is 0 Å². The maximum atomic E-state index is 5.52. The van der Waals surface area contributed by atoms with Gasteiger partial charge in [-0.2, -0.15) is 5.11 Å². The lowest BCUT2D eigenvalue weighted by molar-refractivity contribution is 0.978. The number of fused-ring (bicyclic) bond motifs is 1. The van der Waals surface area contributed by atoms with Crippen molar-refractivity contribution in [2.75, 3.05) is 5.73 Å². The van der Waals surface area contributed by atoms with Gasteiger partial charge in [-0.1, -0.05) is 0 Å². The van der Waals surface area contributed by atoms with Crippen molar-refractivity contribution >= 4 is 23.7 Å². The van der Waals surface area contributed by atoms with Crippen molar-refractivity contribution in [1.82, 2.24) is 9.97 Å². The normalized spacial score (nSPS) is 13.5. The molecule has 0 aromatic carbocycles. The Morgan fingerprint density at radius 3 is 3.18 bits per heavy atom. The molecule has 1 aliphatic heterocycles. The lowest BCUT2D eigenvalue weighted by Gasteiger charge is -1.96. The van der Waals surface area contributed by atoms with E-state index in [2.05, 4.69) is 20.2 Å². The first-order valence-corrected chi connectivity index (χ1v) is 3.44. The van der Waals surface area contributed by atoms with E-state index in [1.54, 1.807) is 0 Å². The number of anilines is 1. The van der Waals surface area contributed by atoms with Gasteiger partial charge in [0.1, 0.15) is 12.2 Å². The molecule has 0 saturated carbocycles. The molecule has 6 heteroatoms. The molecule has 0 fully saturated rings. The van der Waals surface area contributed by atoms with E-state index in [1.807, 2.05) is 0 Å². The first-order chi connectivity index (χ1) is 5.27. The molecule has 2 rings (SSSR count). The van der Waals surface area contributed by atoms with Gasteiger partial charge in [0.05, 0.1) is 5.69 Å². The standard InChI is InChI=1S/C5H5N5S/c6-4-3-2(1-7-10-3)8-5(11)9-4/h1H2,(H3,6,8,9,11). The zero-order chi connectivity index (χ0) is 7.84. The molecule has 1 aliphatic rings. The molecule has 5 nitrogen and oxygen atoms in total. The van der Waals surface area contributed by atoms with Gasteiger partial charge in [0, 0.05) is 0 Å². The van der Waals surface area contributed by atoms with Crippen molar-refractivity contribution in [3.63, 3.8) is 0 Å². The van der Waals surface area contributed by atoms with Crippen molar-refractivity contribution < 1.29 is 0 Å². The minimum atomic E-state index is 0.352. The predicted octanol–water partition coefficient (Wildman–Crippen LogP) is 1.32. The molecule has 11 heavy (non-hydrogen) atoms. The average molecular weight is 167 g/mol. The summed E-state index contributed by atoms with van der Waals surface area (Å²) in [5.41, 5.74) is 6.99. The third kappa shape index (κ3) is 0.911. The maximum Gasteiger partial charge on any atom is 0.199 e. The molecular weight excluding hydrogens is 162 g/mol. The number of nitrogens with one attached hydrogen (secondary N) is 1. The second kappa shape index (κ2) is 2.09. The Bertz CT molecular complexity index is 379. The van der Waals surface area contributed by atoms with Gasteiger partial charge in [0.2, 0.25) is 0 Å². The van der Waals surface area contributed by atoms with Crippen molar-refractivity contribution in [2.45, 2.75) is 6.54 Å². The quantitative estimate of drug-likeness (QED) is 0.572. The zero-order valence-electron chi connectivity index (χ0n) is 5.53. The monoisotopic (exact) mass is 167 g/mol. The van der Waals surface area contributed by atoms with E-state index >= 15 is 0 Å². The molecule has 1 aromatic rings. The lowest BCUT2D eigenvalue weighted by Crippen LogP contribution is -1.95. The summed E-state index contributed by atoms with van der Waals surface area (Å²) < 4.78 is 0.383. The summed E-state index contributed by atoms with van der Waals surface area (Å²) in [7, 11) is 0. The van der Waals surface area contributed by atoms with Crippen molar-refractivity contribution in [2.24, 2.45) is 10.2 Å². The van der Waals surface area contributed by atoms with Crippen LogP contribution in [0.2, 0.25) is 0 Å². The van der Waals surface area contributed by atoms with Crippen LogP contribution in [0.4, 0.5) is 11.5 Å². The Balaban J connectivity index is 2.76. The summed E-state index contributed by atoms with van der Waals surface area (Å²) in [6.07, 6.45) is 0. The van der Waals surface area contributed by atoms with Gasteiger partial charge < -0.3 is 10.7 Å². The number of rotatable bonds is 0. The van der Waals surface area contributed by atoms with Gasteiger partial charge in [-0.15, -0.1) is 5.11 Å². The Kier molecular flexibility index (Phi) is 1.22. The van der Waals surface area contributed by atoms with Crippen LogP contribution >= 0.6 is 12.2 Å². The predicted molar refractivity (Wildman–Crippen MR) is 42.1 cm³/mol. The molecule has 0 radical (unpaired) electrons. The number of nitrogens with zero attached hydrogens (tertiary/aromatic N) is 3. The second-order valence-electron chi connectivity index (χ2n) is 2.15. The fourth-order valence-electron chi connectivity index (χ4n) is 0.936. The highest BCUT2D eigenvalue weighted by molar-refractivity contribution is 7.71. The third-order valence-electron chi connectivity index (χ3n) is 1.41. The smallest absolute Gasteiger partial charge is 0.199 e.